The summed E-state index contributed by atoms with van der Waals surface area (Å²) in [6.45, 7) is 6.26. The van der Waals surface area contributed by atoms with Crippen LogP contribution in [0.4, 0.5) is 5.69 Å². The van der Waals surface area contributed by atoms with Gasteiger partial charge >= 0.3 is 0 Å². The third kappa shape index (κ3) is 3.60. The maximum Gasteiger partial charge on any atom is 0.288 e. The topological polar surface area (TPSA) is 56.1 Å². The standard InChI is InChI=1S/C16H20ClN3O2/c1-16(2,3)20-15(21)14(17)13(10-19-20)18-9-11-5-7-12(22-4)8-6-11/h5-8,10,18H,9H2,1-4H3. The van der Waals surface area contributed by atoms with Gasteiger partial charge in [0.25, 0.3) is 5.56 Å². The summed E-state index contributed by atoms with van der Waals surface area (Å²) in [5.74, 6) is 0.802. The fraction of sp³-hybridized carbons (Fsp3) is 0.375. The molecule has 1 heterocycles. The second-order valence-electron chi connectivity index (χ2n) is 5.96. The van der Waals surface area contributed by atoms with E-state index in [1.807, 2.05) is 45.0 Å². The monoisotopic (exact) mass is 321 g/mol. The highest BCUT2D eigenvalue weighted by molar-refractivity contribution is 6.32. The van der Waals surface area contributed by atoms with Crippen molar-refractivity contribution >= 4 is 17.3 Å². The number of rotatable bonds is 4. The Bertz CT molecular complexity index is 703. The molecule has 0 saturated heterocycles. The third-order valence-corrected chi connectivity index (χ3v) is 3.56. The van der Waals surface area contributed by atoms with E-state index in [0.29, 0.717) is 12.2 Å². The zero-order chi connectivity index (χ0) is 16.3. The summed E-state index contributed by atoms with van der Waals surface area (Å²) >= 11 is 6.16. The first-order valence-corrected chi connectivity index (χ1v) is 7.36. The van der Waals surface area contributed by atoms with E-state index in [0.717, 1.165) is 11.3 Å². The average Bonchev–Trinajstić information content (AvgIpc) is 2.48. The molecular weight excluding hydrogens is 302 g/mol. The van der Waals surface area contributed by atoms with Crippen LogP contribution in [0.5, 0.6) is 5.75 Å². The molecular formula is C16H20ClN3O2. The summed E-state index contributed by atoms with van der Waals surface area (Å²) in [6.07, 6.45) is 1.58. The second kappa shape index (κ2) is 6.40. The molecule has 0 aliphatic rings. The Morgan fingerprint density at radius 2 is 1.91 bits per heavy atom. The number of benzene rings is 1. The first-order valence-electron chi connectivity index (χ1n) is 6.98. The lowest BCUT2D eigenvalue weighted by atomic mass is 10.1. The molecule has 6 heteroatoms. The van der Waals surface area contributed by atoms with Gasteiger partial charge in [0.05, 0.1) is 24.5 Å². The highest BCUT2D eigenvalue weighted by Gasteiger charge is 2.19. The van der Waals surface area contributed by atoms with E-state index in [9.17, 15) is 4.79 Å². The van der Waals surface area contributed by atoms with E-state index in [4.69, 9.17) is 16.3 Å². The minimum atomic E-state index is -0.408. The minimum absolute atomic E-state index is 0.151. The van der Waals surface area contributed by atoms with Crippen LogP contribution in [-0.2, 0) is 12.1 Å². The van der Waals surface area contributed by atoms with Crippen molar-refractivity contribution in [3.8, 4) is 5.75 Å². The average molecular weight is 322 g/mol. The predicted molar refractivity (Wildman–Crippen MR) is 88.8 cm³/mol. The van der Waals surface area contributed by atoms with Crippen LogP contribution in [0.25, 0.3) is 0 Å². The maximum absolute atomic E-state index is 12.2. The highest BCUT2D eigenvalue weighted by Crippen LogP contribution is 2.19. The van der Waals surface area contributed by atoms with Gasteiger partial charge in [-0.05, 0) is 38.5 Å². The Balaban J connectivity index is 2.16. The maximum atomic E-state index is 12.2. The van der Waals surface area contributed by atoms with Gasteiger partial charge in [-0.1, -0.05) is 23.7 Å². The lowest BCUT2D eigenvalue weighted by molar-refractivity contribution is 0.338. The summed E-state index contributed by atoms with van der Waals surface area (Å²) in [5, 5.41) is 7.48. The zero-order valence-corrected chi connectivity index (χ0v) is 13.9. The van der Waals surface area contributed by atoms with Crippen molar-refractivity contribution in [2.24, 2.45) is 0 Å². The fourth-order valence-corrected chi connectivity index (χ4v) is 2.17. The number of ether oxygens (including phenoxy) is 1. The molecule has 2 rings (SSSR count). The number of anilines is 1. The Morgan fingerprint density at radius 1 is 1.27 bits per heavy atom. The van der Waals surface area contributed by atoms with E-state index in [2.05, 4.69) is 10.4 Å². The number of methoxy groups -OCH3 is 1. The van der Waals surface area contributed by atoms with Crippen LogP contribution < -0.4 is 15.6 Å². The van der Waals surface area contributed by atoms with Crippen molar-refractivity contribution in [2.75, 3.05) is 12.4 Å². The van der Waals surface area contributed by atoms with Crippen molar-refractivity contribution in [2.45, 2.75) is 32.9 Å². The van der Waals surface area contributed by atoms with Gasteiger partial charge < -0.3 is 10.1 Å². The van der Waals surface area contributed by atoms with Crippen LogP contribution >= 0.6 is 11.6 Å². The Hall–Kier alpha value is -2.01. The quantitative estimate of drug-likeness (QED) is 0.939. The Morgan fingerprint density at radius 3 is 2.45 bits per heavy atom. The summed E-state index contributed by atoms with van der Waals surface area (Å²) in [7, 11) is 1.63. The van der Waals surface area contributed by atoms with Crippen LogP contribution in [0.15, 0.2) is 35.3 Å². The molecule has 1 N–H and O–H groups in total. The number of hydrogen-bond acceptors (Lipinski definition) is 4. The number of aromatic nitrogens is 2. The first-order chi connectivity index (χ1) is 10.3. The van der Waals surface area contributed by atoms with Crippen molar-refractivity contribution in [1.29, 1.82) is 0 Å². The molecule has 0 fully saturated rings. The summed E-state index contributed by atoms with van der Waals surface area (Å²) in [4.78, 5) is 12.2. The summed E-state index contributed by atoms with van der Waals surface area (Å²) in [6, 6.07) is 7.66. The van der Waals surface area contributed by atoms with Gasteiger partial charge in [-0.2, -0.15) is 5.10 Å². The molecule has 0 amide bonds. The number of nitrogens with one attached hydrogen (secondary N) is 1. The molecule has 1 aromatic heterocycles. The fourth-order valence-electron chi connectivity index (χ4n) is 1.97. The molecule has 0 bridgehead atoms. The largest absolute Gasteiger partial charge is 0.497 e. The lowest BCUT2D eigenvalue weighted by Crippen LogP contribution is -2.36. The van der Waals surface area contributed by atoms with E-state index in [1.165, 1.54) is 4.68 Å². The SMILES string of the molecule is COc1ccc(CNc2cnn(C(C)(C)C)c(=O)c2Cl)cc1. The minimum Gasteiger partial charge on any atom is -0.497 e. The molecule has 0 spiro atoms. The van der Waals surface area contributed by atoms with Crippen LogP contribution in [-0.4, -0.2) is 16.9 Å². The van der Waals surface area contributed by atoms with Crippen molar-refractivity contribution in [3.05, 3.63) is 51.4 Å². The molecule has 0 radical (unpaired) electrons. The van der Waals surface area contributed by atoms with Crippen LogP contribution in [0, 0.1) is 0 Å². The molecule has 0 atom stereocenters. The molecule has 22 heavy (non-hydrogen) atoms. The number of hydrogen-bond donors (Lipinski definition) is 1. The normalized spacial score (nSPS) is 11.3. The summed E-state index contributed by atoms with van der Waals surface area (Å²) < 4.78 is 6.50. The van der Waals surface area contributed by atoms with Crippen LogP contribution in [0.2, 0.25) is 5.02 Å². The molecule has 2 aromatic rings. The molecule has 5 nitrogen and oxygen atoms in total. The molecule has 0 aliphatic heterocycles. The van der Waals surface area contributed by atoms with Gasteiger partial charge in [-0.25, -0.2) is 4.68 Å². The van der Waals surface area contributed by atoms with Crippen molar-refractivity contribution < 1.29 is 4.74 Å². The molecule has 0 aliphatic carbocycles. The van der Waals surface area contributed by atoms with Gasteiger partial charge in [0.15, 0.2) is 0 Å². The third-order valence-electron chi connectivity index (χ3n) is 3.20. The summed E-state index contributed by atoms with van der Waals surface area (Å²) in [5.41, 5.74) is 0.878. The second-order valence-corrected chi connectivity index (χ2v) is 6.34. The molecule has 0 saturated carbocycles. The van der Waals surface area contributed by atoms with Crippen LogP contribution in [0.1, 0.15) is 26.3 Å². The van der Waals surface area contributed by atoms with E-state index in [1.54, 1.807) is 13.3 Å². The predicted octanol–water partition coefficient (Wildman–Crippen LogP) is 3.27. The van der Waals surface area contributed by atoms with Crippen LogP contribution in [0.3, 0.4) is 0 Å². The van der Waals surface area contributed by atoms with E-state index >= 15 is 0 Å². The van der Waals surface area contributed by atoms with E-state index < -0.39 is 5.54 Å². The zero-order valence-electron chi connectivity index (χ0n) is 13.2. The van der Waals surface area contributed by atoms with E-state index in [-0.39, 0.29) is 10.6 Å². The van der Waals surface area contributed by atoms with Gasteiger partial charge in [0.2, 0.25) is 0 Å². The van der Waals surface area contributed by atoms with Crippen molar-refractivity contribution in [1.82, 2.24) is 9.78 Å². The Kier molecular flexibility index (Phi) is 4.76. The first kappa shape index (κ1) is 16.4. The van der Waals surface area contributed by atoms with Gasteiger partial charge in [0, 0.05) is 6.54 Å². The lowest BCUT2D eigenvalue weighted by Gasteiger charge is -2.21. The van der Waals surface area contributed by atoms with Gasteiger partial charge in [-0.15, -0.1) is 0 Å². The molecule has 118 valence electrons. The Labute approximate surface area is 134 Å². The molecule has 0 unspecified atom stereocenters. The smallest absolute Gasteiger partial charge is 0.288 e. The van der Waals surface area contributed by atoms with Gasteiger partial charge in [-0.3, -0.25) is 4.79 Å². The number of halogens is 1. The van der Waals surface area contributed by atoms with Gasteiger partial charge in [0.1, 0.15) is 10.8 Å². The molecule has 1 aromatic carbocycles. The van der Waals surface area contributed by atoms with Crippen molar-refractivity contribution in [3.63, 3.8) is 0 Å². The highest BCUT2D eigenvalue weighted by atomic mass is 35.5. The number of nitrogens with zero attached hydrogens (tertiary/aromatic N) is 2.